The number of carbonyl (C=O) groups is 1. The largest absolute Gasteiger partial charge is 0.348 e. The number of fused-ring (bicyclic) bond motifs is 1. The van der Waals surface area contributed by atoms with Crippen LogP contribution in [0.1, 0.15) is 63.3 Å². The van der Waals surface area contributed by atoms with Gasteiger partial charge in [-0.3, -0.25) is 14.5 Å². The van der Waals surface area contributed by atoms with Crippen molar-refractivity contribution in [2.24, 2.45) is 5.92 Å². The molecule has 1 aromatic rings. The molecule has 0 aromatic carbocycles. The third kappa shape index (κ3) is 3.89. The predicted octanol–water partition coefficient (Wildman–Crippen LogP) is 2.38. The molecule has 2 N–H and O–H groups in total. The molecular formula is C19H29N3O2. The number of pyridine rings is 1. The second-order valence-corrected chi connectivity index (χ2v) is 7.61. The number of aromatic amines is 1. The minimum absolute atomic E-state index is 0.00529. The molecule has 24 heavy (non-hydrogen) atoms. The summed E-state index contributed by atoms with van der Waals surface area (Å²) in [7, 11) is 0. The van der Waals surface area contributed by atoms with Crippen LogP contribution >= 0.6 is 0 Å². The lowest BCUT2D eigenvalue weighted by Crippen LogP contribution is -2.51. The van der Waals surface area contributed by atoms with Crippen molar-refractivity contribution in [1.29, 1.82) is 0 Å². The summed E-state index contributed by atoms with van der Waals surface area (Å²) in [6, 6.07) is 3.47. The number of nitrogens with one attached hydrogen (secondary N) is 2. The molecule has 0 bridgehead atoms. The van der Waals surface area contributed by atoms with Crippen molar-refractivity contribution >= 4 is 5.91 Å². The molecule has 132 valence electrons. The van der Waals surface area contributed by atoms with Crippen LogP contribution in [-0.4, -0.2) is 34.9 Å². The Labute approximate surface area is 143 Å². The smallest absolute Gasteiger partial charge is 0.248 e. The van der Waals surface area contributed by atoms with E-state index in [9.17, 15) is 9.59 Å². The average molecular weight is 331 g/mol. The van der Waals surface area contributed by atoms with Gasteiger partial charge in [0.05, 0.1) is 12.1 Å². The van der Waals surface area contributed by atoms with E-state index in [0.29, 0.717) is 5.92 Å². The maximum atomic E-state index is 12.9. The molecular weight excluding hydrogens is 302 g/mol. The first-order valence-electron chi connectivity index (χ1n) is 9.31. The van der Waals surface area contributed by atoms with E-state index in [1.807, 2.05) is 6.07 Å². The molecule has 1 amide bonds. The quantitative estimate of drug-likeness (QED) is 0.890. The minimum Gasteiger partial charge on any atom is -0.348 e. The van der Waals surface area contributed by atoms with Gasteiger partial charge in [0.2, 0.25) is 11.5 Å². The fourth-order valence-electron chi connectivity index (χ4n) is 4.09. The Morgan fingerprint density at radius 3 is 2.92 bits per heavy atom. The summed E-state index contributed by atoms with van der Waals surface area (Å²) < 4.78 is 0. The molecule has 1 aliphatic carbocycles. The number of rotatable bonds is 4. The zero-order valence-electron chi connectivity index (χ0n) is 14.8. The maximum Gasteiger partial charge on any atom is 0.248 e. The van der Waals surface area contributed by atoms with Crippen LogP contribution in [0.25, 0.3) is 0 Å². The second-order valence-electron chi connectivity index (χ2n) is 7.61. The fraction of sp³-hybridized carbons (Fsp3) is 0.684. The van der Waals surface area contributed by atoms with Gasteiger partial charge in [0, 0.05) is 18.3 Å². The number of aryl methyl sites for hydroxylation is 1. The highest BCUT2D eigenvalue weighted by molar-refractivity contribution is 5.82. The highest BCUT2D eigenvalue weighted by Gasteiger charge is 2.31. The number of nitrogens with zero attached hydrogens (tertiary/aromatic N) is 1. The summed E-state index contributed by atoms with van der Waals surface area (Å²) in [4.78, 5) is 29.7. The molecule has 5 heteroatoms. The molecule has 0 unspecified atom stereocenters. The molecule has 5 nitrogen and oxygen atoms in total. The van der Waals surface area contributed by atoms with Crippen molar-refractivity contribution < 1.29 is 4.79 Å². The van der Waals surface area contributed by atoms with E-state index in [4.69, 9.17) is 0 Å². The Hall–Kier alpha value is -1.62. The van der Waals surface area contributed by atoms with Gasteiger partial charge in [-0.2, -0.15) is 0 Å². The van der Waals surface area contributed by atoms with Gasteiger partial charge in [-0.15, -0.1) is 0 Å². The molecule has 1 aliphatic heterocycles. The van der Waals surface area contributed by atoms with Gasteiger partial charge in [0.25, 0.3) is 0 Å². The molecule has 2 atom stereocenters. The van der Waals surface area contributed by atoms with E-state index < -0.39 is 0 Å². The highest BCUT2D eigenvalue weighted by Crippen LogP contribution is 2.28. The van der Waals surface area contributed by atoms with Crippen molar-refractivity contribution in [3.63, 3.8) is 0 Å². The number of carbonyl (C=O) groups excluding carboxylic acids is 1. The number of hydrogen-bond donors (Lipinski definition) is 2. The predicted molar refractivity (Wildman–Crippen MR) is 94.9 cm³/mol. The number of amides is 1. The summed E-state index contributed by atoms with van der Waals surface area (Å²) in [5, 5.41) is 3.26. The Kier molecular flexibility index (Phi) is 5.39. The normalized spacial score (nSPS) is 24.6. The molecule has 0 saturated carbocycles. The Bertz CT molecular complexity index is 638. The van der Waals surface area contributed by atoms with Crippen LogP contribution in [0.5, 0.6) is 0 Å². The third-order valence-electron chi connectivity index (χ3n) is 5.16. The first-order chi connectivity index (χ1) is 11.5. The lowest BCUT2D eigenvalue weighted by atomic mass is 9.90. The van der Waals surface area contributed by atoms with Crippen LogP contribution in [-0.2, 0) is 11.2 Å². The molecule has 1 aromatic heterocycles. The van der Waals surface area contributed by atoms with Crippen LogP contribution in [0.15, 0.2) is 16.9 Å². The SMILES string of the molecule is CC(C)CN1CCCC[C@@H]1C(=O)N[C@H]1CCCc2[nH]c(=O)ccc21. The molecule has 2 aliphatic rings. The number of likely N-dealkylation sites (tertiary alicyclic amines) is 1. The fourth-order valence-corrected chi connectivity index (χ4v) is 4.09. The summed E-state index contributed by atoms with van der Waals surface area (Å²) in [5.74, 6) is 0.721. The van der Waals surface area contributed by atoms with Gasteiger partial charge in [0.1, 0.15) is 0 Å². The Morgan fingerprint density at radius 1 is 1.29 bits per heavy atom. The van der Waals surface area contributed by atoms with E-state index in [1.165, 1.54) is 6.42 Å². The van der Waals surface area contributed by atoms with Gasteiger partial charge < -0.3 is 10.3 Å². The summed E-state index contributed by atoms with van der Waals surface area (Å²) >= 11 is 0. The maximum absolute atomic E-state index is 12.9. The standard InChI is InChI=1S/C19H29N3O2/c1-13(2)12-22-11-4-3-8-17(22)19(24)21-16-7-5-6-15-14(16)9-10-18(23)20-15/h9-10,13,16-17H,3-8,11-12H2,1-2H3,(H,20,23)(H,21,24)/t16-,17+/m0/s1. The topological polar surface area (TPSA) is 65.2 Å². The van der Waals surface area contributed by atoms with Crippen molar-refractivity contribution in [3.8, 4) is 0 Å². The highest BCUT2D eigenvalue weighted by atomic mass is 16.2. The second kappa shape index (κ2) is 7.51. The van der Waals surface area contributed by atoms with Crippen LogP contribution < -0.4 is 10.9 Å². The third-order valence-corrected chi connectivity index (χ3v) is 5.16. The van der Waals surface area contributed by atoms with E-state index in [-0.39, 0.29) is 23.6 Å². The summed E-state index contributed by atoms with van der Waals surface area (Å²) in [6.07, 6.45) is 6.09. The van der Waals surface area contributed by atoms with Crippen LogP contribution in [0.4, 0.5) is 0 Å². The average Bonchev–Trinajstić information content (AvgIpc) is 2.54. The summed E-state index contributed by atoms with van der Waals surface area (Å²) in [6.45, 7) is 6.41. The van der Waals surface area contributed by atoms with Gasteiger partial charge in [0.15, 0.2) is 0 Å². The lowest BCUT2D eigenvalue weighted by Gasteiger charge is -2.37. The zero-order valence-corrected chi connectivity index (χ0v) is 14.8. The van der Waals surface area contributed by atoms with E-state index in [1.54, 1.807) is 6.07 Å². The van der Waals surface area contributed by atoms with Crippen molar-refractivity contribution in [2.45, 2.75) is 64.5 Å². The molecule has 2 heterocycles. The number of aromatic nitrogens is 1. The van der Waals surface area contributed by atoms with Crippen molar-refractivity contribution in [2.75, 3.05) is 13.1 Å². The first kappa shape index (κ1) is 17.2. The number of hydrogen-bond acceptors (Lipinski definition) is 3. The molecule has 0 spiro atoms. The summed E-state index contributed by atoms with van der Waals surface area (Å²) in [5.41, 5.74) is 2.01. The van der Waals surface area contributed by atoms with Crippen LogP contribution in [0.3, 0.4) is 0 Å². The van der Waals surface area contributed by atoms with Crippen molar-refractivity contribution in [1.82, 2.24) is 15.2 Å². The van der Waals surface area contributed by atoms with Gasteiger partial charge in [-0.1, -0.05) is 20.3 Å². The van der Waals surface area contributed by atoms with Gasteiger partial charge >= 0.3 is 0 Å². The Balaban J connectivity index is 1.71. The van der Waals surface area contributed by atoms with Crippen LogP contribution in [0, 0.1) is 5.92 Å². The van der Waals surface area contributed by atoms with E-state index in [0.717, 1.165) is 56.5 Å². The number of piperidine rings is 1. The van der Waals surface area contributed by atoms with Crippen molar-refractivity contribution in [3.05, 3.63) is 33.7 Å². The Morgan fingerprint density at radius 2 is 2.12 bits per heavy atom. The molecule has 1 fully saturated rings. The minimum atomic E-state index is -0.0592. The lowest BCUT2D eigenvalue weighted by molar-refractivity contribution is -0.128. The zero-order chi connectivity index (χ0) is 17.1. The van der Waals surface area contributed by atoms with Gasteiger partial charge in [-0.05, 0) is 56.2 Å². The first-order valence-corrected chi connectivity index (χ1v) is 9.31. The molecule has 3 rings (SSSR count). The molecule has 0 radical (unpaired) electrons. The van der Waals surface area contributed by atoms with E-state index in [2.05, 4.69) is 29.0 Å². The molecule has 1 saturated heterocycles. The monoisotopic (exact) mass is 331 g/mol. The van der Waals surface area contributed by atoms with Gasteiger partial charge in [-0.25, -0.2) is 0 Å². The number of H-pyrrole nitrogens is 1. The van der Waals surface area contributed by atoms with Crippen LogP contribution in [0.2, 0.25) is 0 Å². The van der Waals surface area contributed by atoms with E-state index >= 15 is 0 Å².